The fourth-order valence-corrected chi connectivity index (χ4v) is 4.31. The number of methoxy groups -OCH3 is 2. The van der Waals surface area contributed by atoms with Crippen molar-refractivity contribution in [3.05, 3.63) is 101 Å². The summed E-state index contributed by atoms with van der Waals surface area (Å²) in [6.45, 7) is 3.69. The van der Waals surface area contributed by atoms with Crippen molar-refractivity contribution in [2.45, 2.75) is 19.9 Å². The number of anilines is 1. The van der Waals surface area contributed by atoms with Crippen molar-refractivity contribution in [3.63, 3.8) is 0 Å². The minimum atomic E-state index is -0.454. The Hall–Kier alpha value is -5.25. The van der Waals surface area contributed by atoms with E-state index < -0.39 is 11.7 Å². The summed E-state index contributed by atoms with van der Waals surface area (Å²) in [5, 5.41) is 3.48. The number of fused-ring (bicyclic) bond motifs is 1. The molecule has 3 heterocycles. The molecule has 0 aliphatic carbocycles. The topological polar surface area (TPSA) is 105 Å². The Morgan fingerprint density at radius 1 is 0.927 bits per heavy atom. The normalized spacial score (nSPS) is 11.0. The van der Waals surface area contributed by atoms with E-state index in [1.165, 1.54) is 47.3 Å². The molecule has 0 aliphatic rings. The lowest BCUT2D eigenvalue weighted by Crippen LogP contribution is -2.26. The molecule has 9 nitrogen and oxygen atoms in total. The van der Waals surface area contributed by atoms with Crippen LogP contribution < -0.4 is 25.1 Å². The first kappa shape index (κ1) is 27.3. The van der Waals surface area contributed by atoms with Crippen LogP contribution in [-0.4, -0.2) is 34.7 Å². The summed E-state index contributed by atoms with van der Waals surface area (Å²) in [5.41, 5.74) is 1.45. The lowest BCUT2D eigenvalue weighted by Gasteiger charge is -2.15. The van der Waals surface area contributed by atoms with Crippen LogP contribution in [0.3, 0.4) is 0 Å². The summed E-state index contributed by atoms with van der Waals surface area (Å²) >= 11 is 0. The number of benzene rings is 2. The molecule has 1 amide bonds. The van der Waals surface area contributed by atoms with E-state index in [4.69, 9.17) is 14.2 Å². The van der Waals surface area contributed by atoms with Crippen molar-refractivity contribution in [1.82, 2.24) is 14.5 Å². The minimum Gasteiger partial charge on any atom is -0.493 e. The fraction of sp³-hybridized carbons (Fsp3) is 0.161. The van der Waals surface area contributed by atoms with E-state index in [1.807, 2.05) is 13.8 Å². The highest BCUT2D eigenvalue weighted by Gasteiger charge is 2.17. The van der Waals surface area contributed by atoms with E-state index in [9.17, 15) is 14.0 Å². The molecule has 0 aliphatic heterocycles. The van der Waals surface area contributed by atoms with Crippen LogP contribution in [0.1, 0.15) is 30.2 Å². The van der Waals surface area contributed by atoms with Gasteiger partial charge in [-0.25, -0.2) is 9.37 Å². The van der Waals surface area contributed by atoms with Crippen molar-refractivity contribution in [2.75, 3.05) is 19.5 Å². The van der Waals surface area contributed by atoms with Crippen LogP contribution in [0.4, 0.5) is 10.2 Å². The van der Waals surface area contributed by atoms with Gasteiger partial charge in [0.2, 0.25) is 0 Å². The summed E-state index contributed by atoms with van der Waals surface area (Å²) in [6, 6.07) is 15.4. The van der Waals surface area contributed by atoms with Crippen LogP contribution in [-0.2, 0) is 0 Å². The van der Waals surface area contributed by atoms with Crippen LogP contribution in [0.15, 0.2) is 84.0 Å². The van der Waals surface area contributed by atoms with Crippen LogP contribution >= 0.6 is 0 Å². The number of carbonyl (C=O) groups is 1. The molecule has 0 bridgehead atoms. The third-order valence-electron chi connectivity index (χ3n) is 6.43. The first-order valence-corrected chi connectivity index (χ1v) is 12.8. The summed E-state index contributed by atoms with van der Waals surface area (Å²) in [7, 11) is 3.11. The molecule has 0 spiro atoms. The summed E-state index contributed by atoms with van der Waals surface area (Å²) in [4.78, 5) is 34.9. The average molecular weight is 555 g/mol. The van der Waals surface area contributed by atoms with Gasteiger partial charge in [-0.15, -0.1) is 0 Å². The molecule has 5 rings (SSSR count). The highest BCUT2D eigenvalue weighted by Crippen LogP contribution is 2.36. The molecule has 5 aromatic rings. The Morgan fingerprint density at radius 3 is 2.32 bits per heavy atom. The number of aromatic nitrogens is 3. The summed E-state index contributed by atoms with van der Waals surface area (Å²) < 4.78 is 31.8. The van der Waals surface area contributed by atoms with Gasteiger partial charge in [-0.2, -0.15) is 0 Å². The molecule has 0 saturated heterocycles. The highest BCUT2D eigenvalue weighted by atomic mass is 19.1. The van der Waals surface area contributed by atoms with Gasteiger partial charge in [-0.3, -0.25) is 14.6 Å². The SMILES string of the molecule is COc1cc2nccc(Oc3ccc(NC(=O)c4cc(-c5ccc(F)cc5)c(=O)n(C(C)C)c4)nc3)c2cc1OC. The Labute approximate surface area is 235 Å². The number of amides is 1. The second kappa shape index (κ2) is 11.5. The van der Waals surface area contributed by atoms with Crippen molar-refractivity contribution in [2.24, 2.45) is 0 Å². The number of nitrogens with one attached hydrogen (secondary N) is 1. The van der Waals surface area contributed by atoms with Crippen molar-refractivity contribution >= 4 is 22.6 Å². The zero-order chi connectivity index (χ0) is 29.1. The molecule has 3 aromatic heterocycles. The molecular formula is C31H27FN4O5. The first-order chi connectivity index (χ1) is 19.8. The number of pyridine rings is 3. The zero-order valence-electron chi connectivity index (χ0n) is 22.8. The highest BCUT2D eigenvalue weighted by molar-refractivity contribution is 6.04. The largest absolute Gasteiger partial charge is 0.493 e. The van der Waals surface area contributed by atoms with E-state index in [1.54, 1.807) is 50.7 Å². The number of ether oxygens (including phenoxy) is 3. The molecule has 10 heteroatoms. The molecule has 2 aromatic carbocycles. The minimum absolute atomic E-state index is 0.200. The van der Waals surface area contributed by atoms with Gasteiger partial charge in [0.25, 0.3) is 11.5 Å². The van der Waals surface area contributed by atoms with E-state index in [-0.39, 0.29) is 17.2 Å². The number of hydrogen-bond acceptors (Lipinski definition) is 7. The molecule has 0 unspecified atom stereocenters. The van der Waals surface area contributed by atoms with Gasteiger partial charge in [0, 0.05) is 35.5 Å². The Balaban J connectivity index is 1.38. The molecular weight excluding hydrogens is 527 g/mol. The van der Waals surface area contributed by atoms with Crippen molar-refractivity contribution < 1.29 is 23.4 Å². The molecule has 0 fully saturated rings. The fourth-order valence-electron chi connectivity index (χ4n) is 4.31. The third kappa shape index (κ3) is 5.72. The van der Waals surface area contributed by atoms with Crippen LogP contribution in [0.25, 0.3) is 22.0 Å². The predicted octanol–water partition coefficient (Wildman–Crippen LogP) is 6.24. The number of halogens is 1. The summed E-state index contributed by atoms with van der Waals surface area (Å²) in [6.07, 6.45) is 4.62. The van der Waals surface area contributed by atoms with Gasteiger partial charge >= 0.3 is 0 Å². The van der Waals surface area contributed by atoms with Gasteiger partial charge < -0.3 is 24.1 Å². The Bertz CT molecular complexity index is 1780. The monoisotopic (exact) mass is 554 g/mol. The number of carbonyl (C=O) groups excluding carboxylic acids is 1. The van der Waals surface area contributed by atoms with Crippen molar-refractivity contribution in [3.8, 4) is 34.1 Å². The average Bonchev–Trinajstić information content (AvgIpc) is 2.98. The standard InChI is InChI=1S/C31H27FN4O5/c1-18(2)36-17-20(13-23(31(36)38)19-5-7-21(32)8-6-19)30(37)35-29-10-9-22(16-34-29)41-26-11-12-33-25-15-28(40-4)27(39-3)14-24(25)26/h5-18H,1-4H3,(H,34,35,37). The van der Waals surface area contributed by atoms with Gasteiger partial charge in [0.1, 0.15) is 23.1 Å². The van der Waals surface area contributed by atoms with E-state index >= 15 is 0 Å². The van der Waals surface area contributed by atoms with E-state index in [0.717, 1.165) is 5.39 Å². The summed E-state index contributed by atoms with van der Waals surface area (Å²) in [5.74, 6) is 1.50. The van der Waals surface area contributed by atoms with Crippen LogP contribution in [0.2, 0.25) is 0 Å². The molecule has 0 saturated carbocycles. The van der Waals surface area contributed by atoms with Crippen LogP contribution in [0.5, 0.6) is 23.0 Å². The third-order valence-corrected chi connectivity index (χ3v) is 6.43. The van der Waals surface area contributed by atoms with E-state index in [0.29, 0.717) is 45.5 Å². The Kier molecular flexibility index (Phi) is 7.64. The molecule has 1 N–H and O–H groups in total. The molecule has 208 valence electrons. The maximum absolute atomic E-state index is 13.5. The molecule has 0 atom stereocenters. The second-order valence-electron chi connectivity index (χ2n) is 9.42. The Morgan fingerprint density at radius 2 is 1.66 bits per heavy atom. The predicted molar refractivity (Wildman–Crippen MR) is 154 cm³/mol. The number of rotatable bonds is 8. The van der Waals surface area contributed by atoms with Crippen LogP contribution in [0, 0.1) is 5.82 Å². The maximum atomic E-state index is 13.5. The molecule has 41 heavy (non-hydrogen) atoms. The van der Waals surface area contributed by atoms with Gasteiger partial charge in [-0.1, -0.05) is 12.1 Å². The van der Waals surface area contributed by atoms with Gasteiger partial charge in [0.05, 0.1) is 31.5 Å². The zero-order valence-corrected chi connectivity index (χ0v) is 22.8. The van der Waals surface area contributed by atoms with E-state index in [2.05, 4.69) is 15.3 Å². The lowest BCUT2D eigenvalue weighted by atomic mass is 10.0. The quantitative estimate of drug-likeness (QED) is 0.242. The van der Waals surface area contributed by atoms with Crippen molar-refractivity contribution in [1.29, 1.82) is 0 Å². The lowest BCUT2D eigenvalue weighted by molar-refractivity contribution is 0.102. The van der Waals surface area contributed by atoms with Gasteiger partial charge in [-0.05, 0) is 61.9 Å². The smallest absolute Gasteiger partial charge is 0.258 e. The molecule has 0 radical (unpaired) electrons. The first-order valence-electron chi connectivity index (χ1n) is 12.8. The number of hydrogen-bond donors (Lipinski definition) is 1. The maximum Gasteiger partial charge on any atom is 0.258 e. The van der Waals surface area contributed by atoms with Gasteiger partial charge in [0.15, 0.2) is 11.5 Å². The second-order valence-corrected chi connectivity index (χ2v) is 9.42. The number of nitrogens with zero attached hydrogens (tertiary/aromatic N) is 3.